The normalized spacial score (nSPS) is 20.2. The molecule has 3 aromatic heterocycles. The minimum atomic E-state index is -0.0587. The highest BCUT2D eigenvalue weighted by molar-refractivity contribution is 5.88. The van der Waals surface area contributed by atoms with Crippen LogP contribution in [-0.4, -0.2) is 49.4 Å². The van der Waals surface area contributed by atoms with Gasteiger partial charge in [0.2, 0.25) is 0 Å². The monoisotopic (exact) mass is 447 g/mol. The maximum atomic E-state index is 12.8. The number of hydrogen-bond donors (Lipinski definition) is 0. The van der Waals surface area contributed by atoms with Gasteiger partial charge in [-0.15, -0.1) is 0 Å². The number of rotatable bonds is 6. The Morgan fingerprint density at radius 2 is 1.97 bits per heavy atom. The molecule has 8 heteroatoms. The molecule has 0 radical (unpaired) electrons. The van der Waals surface area contributed by atoms with Crippen LogP contribution in [0.3, 0.4) is 0 Å². The molecule has 33 heavy (non-hydrogen) atoms. The van der Waals surface area contributed by atoms with Crippen LogP contribution in [0.1, 0.15) is 50.9 Å². The van der Waals surface area contributed by atoms with Crippen LogP contribution in [-0.2, 0) is 13.6 Å². The summed E-state index contributed by atoms with van der Waals surface area (Å²) < 4.78 is 3.23. The predicted octanol–water partition coefficient (Wildman–Crippen LogP) is 3.40. The van der Waals surface area contributed by atoms with Crippen LogP contribution in [0.15, 0.2) is 35.4 Å². The van der Waals surface area contributed by atoms with Gasteiger partial charge >= 0.3 is 0 Å². The zero-order chi connectivity index (χ0) is 23.7. The number of nitriles is 1. The summed E-state index contributed by atoms with van der Waals surface area (Å²) in [4.78, 5) is 22.4. The Kier molecular flexibility index (Phi) is 6.52. The average molecular weight is 448 g/mol. The lowest BCUT2D eigenvalue weighted by molar-refractivity contribution is 0.0991. The fourth-order valence-electron chi connectivity index (χ4n) is 4.96. The standard InChI is InChI=1S/C25H33N7O/c1-6-19-15-32(20(7-2)14-31(19)18(4)21-9-8-17(3)13-27-21)22-12-24(33)29(5)23-16-30(11-10-26)28-25(22)23/h8-9,12-13,16,18-20H,6-7,11,14-15H2,1-5H3/t18?,19-,20+/m1/s1. The summed E-state index contributed by atoms with van der Waals surface area (Å²) >= 11 is 0. The van der Waals surface area contributed by atoms with E-state index in [2.05, 4.69) is 60.8 Å². The van der Waals surface area contributed by atoms with Crippen molar-refractivity contribution in [3.05, 3.63) is 52.2 Å². The highest BCUT2D eigenvalue weighted by Crippen LogP contribution is 2.34. The second-order valence-electron chi connectivity index (χ2n) is 9.06. The van der Waals surface area contributed by atoms with Crippen molar-refractivity contribution in [2.75, 3.05) is 18.0 Å². The Hall–Kier alpha value is -3.18. The Bertz CT molecular complexity index is 1220. The molecule has 0 aromatic carbocycles. The van der Waals surface area contributed by atoms with E-state index in [0.29, 0.717) is 6.04 Å². The quantitative estimate of drug-likeness (QED) is 0.576. The zero-order valence-electron chi connectivity index (χ0n) is 20.2. The van der Waals surface area contributed by atoms with E-state index in [-0.39, 0.29) is 24.2 Å². The van der Waals surface area contributed by atoms with E-state index in [1.807, 2.05) is 6.20 Å². The molecule has 0 bridgehead atoms. The van der Waals surface area contributed by atoms with Crippen molar-refractivity contribution in [2.24, 2.45) is 7.05 Å². The third-order valence-electron chi connectivity index (χ3n) is 7.02. The predicted molar refractivity (Wildman–Crippen MR) is 130 cm³/mol. The number of pyridine rings is 2. The zero-order valence-corrected chi connectivity index (χ0v) is 20.2. The average Bonchev–Trinajstić information content (AvgIpc) is 3.25. The summed E-state index contributed by atoms with van der Waals surface area (Å²) in [7, 11) is 1.76. The Morgan fingerprint density at radius 1 is 1.21 bits per heavy atom. The molecule has 3 aromatic rings. The van der Waals surface area contributed by atoms with Crippen molar-refractivity contribution in [2.45, 2.75) is 65.2 Å². The van der Waals surface area contributed by atoms with Crippen LogP contribution in [0.2, 0.25) is 0 Å². The second-order valence-corrected chi connectivity index (χ2v) is 9.06. The van der Waals surface area contributed by atoms with E-state index in [1.165, 1.54) is 5.56 Å². The summed E-state index contributed by atoms with van der Waals surface area (Å²) in [5.41, 5.74) is 4.61. The first-order chi connectivity index (χ1) is 15.9. The maximum Gasteiger partial charge on any atom is 0.252 e. The molecule has 0 aliphatic carbocycles. The number of fused-ring (bicyclic) bond motifs is 1. The van der Waals surface area contributed by atoms with Gasteiger partial charge in [-0.25, -0.2) is 0 Å². The first kappa shape index (κ1) is 23.0. The minimum absolute atomic E-state index is 0.0587. The van der Waals surface area contributed by atoms with Crippen molar-refractivity contribution in [1.82, 2.24) is 24.2 Å². The van der Waals surface area contributed by atoms with Crippen molar-refractivity contribution in [3.63, 3.8) is 0 Å². The highest BCUT2D eigenvalue weighted by Gasteiger charge is 2.36. The van der Waals surface area contributed by atoms with Crippen LogP contribution < -0.4 is 10.5 Å². The topological polar surface area (TPSA) is 83.0 Å². The molecule has 3 atom stereocenters. The first-order valence-electron chi connectivity index (χ1n) is 11.8. The molecule has 0 amide bonds. The van der Waals surface area contributed by atoms with Crippen molar-refractivity contribution in [1.29, 1.82) is 5.26 Å². The number of anilines is 1. The Morgan fingerprint density at radius 3 is 2.61 bits per heavy atom. The lowest BCUT2D eigenvalue weighted by Gasteiger charge is -2.49. The van der Waals surface area contributed by atoms with Crippen LogP contribution in [0.4, 0.5) is 5.69 Å². The van der Waals surface area contributed by atoms with Gasteiger partial charge in [-0.2, -0.15) is 10.4 Å². The van der Waals surface area contributed by atoms with Gasteiger partial charge < -0.3 is 9.47 Å². The van der Waals surface area contributed by atoms with Gasteiger partial charge in [0, 0.05) is 50.5 Å². The van der Waals surface area contributed by atoms with Crippen LogP contribution in [0.25, 0.3) is 11.0 Å². The van der Waals surface area contributed by atoms with E-state index in [9.17, 15) is 4.79 Å². The molecule has 8 nitrogen and oxygen atoms in total. The molecule has 1 unspecified atom stereocenters. The van der Waals surface area contributed by atoms with E-state index in [1.54, 1.807) is 28.6 Å². The molecule has 4 heterocycles. The lowest BCUT2D eigenvalue weighted by atomic mass is 9.98. The van der Waals surface area contributed by atoms with Crippen LogP contribution >= 0.6 is 0 Å². The van der Waals surface area contributed by atoms with Crippen molar-refractivity contribution in [3.8, 4) is 6.07 Å². The van der Waals surface area contributed by atoms with E-state index < -0.39 is 0 Å². The van der Waals surface area contributed by atoms with Crippen LogP contribution in [0, 0.1) is 18.3 Å². The van der Waals surface area contributed by atoms with E-state index in [4.69, 9.17) is 10.2 Å². The maximum absolute atomic E-state index is 12.8. The molecule has 1 aliphatic rings. The van der Waals surface area contributed by atoms with Gasteiger partial charge in [0.05, 0.1) is 29.2 Å². The molecule has 1 fully saturated rings. The van der Waals surface area contributed by atoms with Gasteiger partial charge in [0.25, 0.3) is 5.56 Å². The second kappa shape index (κ2) is 9.36. The van der Waals surface area contributed by atoms with Crippen molar-refractivity contribution >= 4 is 16.7 Å². The Labute approximate surface area is 195 Å². The number of aryl methyl sites for hydroxylation is 2. The number of nitrogens with zero attached hydrogens (tertiary/aromatic N) is 7. The summed E-state index contributed by atoms with van der Waals surface area (Å²) in [5, 5.41) is 13.8. The molecule has 0 saturated carbocycles. The summed E-state index contributed by atoms with van der Waals surface area (Å²) in [6, 6.07) is 8.89. The van der Waals surface area contributed by atoms with Gasteiger partial charge in [0.15, 0.2) is 0 Å². The van der Waals surface area contributed by atoms with Crippen LogP contribution in [0.5, 0.6) is 0 Å². The fraction of sp³-hybridized carbons (Fsp3) is 0.520. The number of piperazine rings is 1. The molecular formula is C25H33N7O. The van der Waals surface area contributed by atoms with Gasteiger partial charge in [-0.1, -0.05) is 19.9 Å². The third kappa shape index (κ3) is 4.25. The highest BCUT2D eigenvalue weighted by atomic mass is 16.1. The Balaban J connectivity index is 1.72. The largest absolute Gasteiger partial charge is 0.364 e. The molecule has 0 N–H and O–H groups in total. The fourth-order valence-corrected chi connectivity index (χ4v) is 4.96. The van der Waals surface area contributed by atoms with Gasteiger partial charge in [0.1, 0.15) is 12.1 Å². The third-order valence-corrected chi connectivity index (χ3v) is 7.02. The smallest absolute Gasteiger partial charge is 0.252 e. The van der Waals surface area contributed by atoms with Crippen molar-refractivity contribution < 1.29 is 0 Å². The van der Waals surface area contributed by atoms with E-state index >= 15 is 0 Å². The molecule has 1 saturated heterocycles. The van der Waals surface area contributed by atoms with Gasteiger partial charge in [-0.3, -0.25) is 19.4 Å². The molecule has 174 valence electrons. The lowest BCUT2D eigenvalue weighted by Crippen LogP contribution is -2.58. The van der Waals surface area contributed by atoms with E-state index in [0.717, 1.165) is 48.3 Å². The molecule has 0 spiro atoms. The summed E-state index contributed by atoms with van der Waals surface area (Å²) in [6.45, 7) is 10.6. The summed E-state index contributed by atoms with van der Waals surface area (Å²) in [6.07, 6.45) is 5.69. The molecular weight excluding hydrogens is 414 g/mol. The minimum Gasteiger partial charge on any atom is -0.364 e. The summed E-state index contributed by atoms with van der Waals surface area (Å²) in [5.74, 6) is 0. The first-order valence-corrected chi connectivity index (χ1v) is 11.8. The number of hydrogen-bond acceptors (Lipinski definition) is 6. The SMILES string of the molecule is CC[C@H]1CN(C(C)c2ccc(C)cn2)[C@H](CC)CN1c1cc(=O)n(C)c2cn(CC#N)nc12. The van der Waals surface area contributed by atoms with Gasteiger partial charge in [-0.05, 0) is 38.3 Å². The number of aromatic nitrogens is 4. The molecule has 4 rings (SSSR count). The molecule has 1 aliphatic heterocycles.